The van der Waals surface area contributed by atoms with E-state index in [1.165, 1.54) is 0 Å². The smallest absolute Gasteiger partial charge is 0.254 e. The molecule has 0 saturated carbocycles. The molecule has 0 aliphatic heterocycles. The van der Waals surface area contributed by atoms with E-state index in [1.807, 2.05) is 49.4 Å². The fraction of sp³-hybridized carbons (Fsp3) is 0.125. The number of carbonyl (C=O) groups is 1. The zero-order chi connectivity index (χ0) is 20.9. The molecule has 4 aromatic rings. The Hall–Kier alpha value is -3.93. The summed E-state index contributed by atoms with van der Waals surface area (Å²) in [6.07, 6.45) is 0. The minimum Gasteiger partial charge on any atom is -0.497 e. The van der Waals surface area contributed by atoms with Crippen LogP contribution < -0.4 is 9.47 Å². The molecule has 0 aliphatic rings. The summed E-state index contributed by atoms with van der Waals surface area (Å²) in [5.41, 5.74) is 2.82. The first kappa shape index (κ1) is 19.4. The molecular weight excluding hydrogens is 380 g/mol. The summed E-state index contributed by atoms with van der Waals surface area (Å²) in [5.74, 6) is 1.77. The van der Waals surface area contributed by atoms with Crippen LogP contribution in [0.3, 0.4) is 0 Å². The van der Waals surface area contributed by atoms with Gasteiger partial charge in [0, 0.05) is 11.1 Å². The second-order valence-electron chi connectivity index (χ2n) is 6.71. The average Bonchev–Trinajstić information content (AvgIpc) is 3.27. The van der Waals surface area contributed by atoms with Gasteiger partial charge < -0.3 is 13.9 Å². The van der Waals surface area contributed by atoms with Crippen molar-refractivity contribution in [1.82, 2.24) is 10.2 Å². The topological polar surface area (TPSA) is 74.5 Å². The van der Waals surface area contributed by atoms with E-state index in [0.29, 0.717) is 34.4 Å². The second-order valence-corrected chi connectivity index (χ2v) is 6.71. The molecule has 1 aromatic heterocycles. The number of hydrogen-bond donors (Lipinski definition) is 0. The third kappa shape index (κ3) is 4.22. The fourth-order valence-electron chi connectivity index (χ4n) is 2.99. The summed E-state index contributed by atoms with van der Waals surface area (Å²) in [4.78, 5) is 13.0. The highest BCUT2D eigenvalue weighted by Crippen LogP contribution is 2.26. The van der Waals surface area contributed by atoms with Gasteiger partial charge in [-0.15, -0.1) is 10.2 Å². The van der Waals surface area contributed by atoms with Gasteiger partial charge in [-0.2, -0.15) is 0 Å². The second kappa shape index (κ2) is 8.61. The number of aryl methyl sites for hydroxylation is 1. The predicted molar refractivity (Wildman–Crippen MR) is 112 cm³/mol. The van der Waals surface area contributed by atoms with Gasteiger partial charge in [-0.05, 0) is 55.5 Å². The predicted octanol–water partition coefficient (Wildman–Crippen LogP) is 4.86. The van der Waals surface area contributed by atoms with E-state index < -0.39 is 0 Å². The van der Waals surface area contributed by atoms with Crippen molar-refractivity contribution in [3.63, 3.8) is 0 Å². The Balaban J connectivity index is 1.53. The van der Waals surface area contributed by atoms with Crippen LogP contribution in [0.5, 0.6) is 11.5 Å². The van der Waals surface area contributed by atoms with Crippen LogP contribution in [0.25, 0.3) is 11.5 Å². The van der Waals surface area contributed by atoms with E-state index in [4.69, 9.17) is 13.9 Å². The zero-order valence-corrected chi connectivity index (χ0v) is 16.7. The summed E-state index contributed by atoms with van der Waals surface area (Å²) in [5, 5.41) is 8.10. The molecule has 0 spiro atoms. The zero-order valence-electron chi connectivity index (χ0n) is 16.7. The SMILES string of the molecule is COc1ccc(C(=O)c2cc(C)ccc2OCc2nnc(-c3ccccc3)o2)cc1. The molecule has 0 saturated heterocycles. The summed E-state index contributed by atoms with van der Waals surface area (Å²) in [6.45, 7) is 1.99. The molecule has 0 fully saturated rings. The highest BCUT2D eigenvalue weighted by molar-refractivity contribution is 6.10. The van der Waals surface area contributed by atoms with Crippen LogP contribution in [0.4, 0.5) is 0 Å². The minimum atomic E-state index is -0.133. The maximum Gasteiger partial charge on any atom is 0.254 e. The van der Waals surface area contributed by atoms with Crippen molar-refractivity contribution >= 4 is 5.78 Å². The lowest BCUT2D eigenvalue weighted by Gasteiger charge is -2.11. The fourth-order valence-corrected chi connectivity index (χ4v) is 2.99. The minimum absolute atomic E-state index is 0.0613. The molecule has 0 aliphatic carbocycles. The number of methoxy groups -OCH3 is 1. The molecule has 0 unspecified atom stereocenters. The summed E-state index contributed by atoms with van der Waals surface area (Å²) < 4.78 is 16.7. The van der Waals surface area contributed by atoms with Gasteiger partial charge >= 0.3 is 0 Å². The van der Waals surface area contributed by atoms with Gasteiger partial charge in [0.2, 0.25) is 5.89 Å². The number of ether oxygens (including phenoxy) is 2. The van der Waals surface area contributed by atoms with Crippen LogP contribution in [0, 0.1) is 6.92 Å². The molecular formula is C24H20N2O4. The number of hydrogen-bond acceptors (Lipinski definition) is 6. The molecule has 0 radical (unpaired) electrons. The molecule has 3 aromatic carbocycles. The normalized spacial score (nSPS) is 10.6. The van der Waals surface area contributed by atoms with Crippen molar-refractivity contribution in [2.45, 2.75) is 13.5 Å². The first-order valence-electron chi connectivity index (χ1n) is 9.44. The molecule has 0 N–H and O–H groups in total. The van der Waals surface area contributed by atoms with Gasteiger partial charge in [-0.3, -0.25) is 4.79 Å². The maximum atomic E-state index is 13.0. The molecule has 6 nitrogen and oxygen atoms in total. The first-order valence-corrected chi connectivity index (χ1v) is 9.44. The quantitative estimate of drug-likeness (QED) is 0.412. The number of ketones is 1. The van der Waals surface area contributed by atoms with E-state index in [9.17, 15) is 4.79 Å². The maximum absolute atomic E-state index is 13.0. The van der Waals surface area contributed by atoms with Crippen molar-refractivity contribution in [3.05, 3.63) is 95.4 Å². The van der Waals surface area contributed by atoms with Gasteiger partial charge in [-0.25, -0.2) is 0 Å². The number of aromatic nitrogens is 2. The van der Waals surface area contributed by atoms with Gasteiger partial charge in [0.1, 0.15) is 11.5 Å². The molecule has 150 valence electrons. The van der Waals surface area contributed by atoms with Crippen molar-refractivity contribution in [2.24, 2.45) is 0 Å². The molecule has 0 amide bonds. The van der Waals surface area contributed by atoms with Crippen LogP contribution in [-0.4, -0.2) is 23.1 Å². The van der Waals surface area contributed by atoms with Crippen molar-refractivity contribution < 1.29 is 18.7 Å². The Kier molecular flexibility index (Phi) is 5.57. The van der Waals surface area contributed by atoms with Crippen LogP contribution in [0.1, 0.15) is 27.4 Å². The summed E-state index contributed by atoms with van der Waals surface area (Å²) >= 11 is 0. The summed E-state index contributed by atoms with van der Waals surface area (Å²) in [6, 6.07) is 22.0. The Labute approximate surface area is 174 Å². The van der Waals surface area contributed by atoms with Crippen LogP contribution >= 0.6 is 0 Å². The lowest BCUT2D eigenvalue weighted by molar-refractivity contribution is 0.103. The Morgan fingerprint density at radius 3 is 2.47 bits per heavy atom. The van der Waals surface area contributed by atoms with Crippen molar-refractivity contribution in [2.75, 3.05) is 7.11 Å². The Bertz CT molecular complexity index is 1150. The molecule has 4 rings (SSSR count). The number of rotatable bonds is 7. The van der Waals surface area contributed by atoms with E-state index in [-0.39, 0.29) is 12.4 Å². The third-order valence-electron chi connectivity index (χ3n) is 4.57. The lowest BCUT2D eigenvalue weighted by Crippen LogP contribution is -2.06. The van der Waals surface area contributed by atoms with Gasteiger partial charge in [-0.1, -0.05) is 29.8 Å². The highest BCUT2D eigenvalue weighted by atomic mass is 16.5. The molecule has 1 heterocycles. The monoisotopic (exact) mass is 400 g/mol. The highest BCUT2D eigenvalue weighted by Gasteiger charge is 2.17. The number of carbonyl (C=O) groups excluding carboxylic acids is 1. The van der Waals surface area contributed by atoms with Gasteiger partial charge in [0.15, 0.2) is 12.4 Å². The van der Waals surface area contributed by atoms with Crippen molar-refractivity contribution in [1.29, 1.82) is 0 Å². The van der Waals surface area contributed by atoms with E-state index >= 15 is 0 Å². The average molecular weight is 400 g/mol. The molecule has 0 atom stereocenters. The van der Waals surface area contributed by atoms with Crippen LogP contribution in [0.15, 0.2) is 77.2 Å². The van der Waals surface area contributed by atoms with Gasteiger partial charge in [0.25, 0.3) is 5.89 Å². The molecule has 6 heteroatoms. The van der Waals surface area contributed by atoms with Gasteiger partial charge in [0.05, 0.1) is 12.7 Å². The largest absolute Gasteiger partial charge is 0.497 e. The number of benzene rings is 3. The summed E-state index contributed by atoms with van der Waals surface area (Å²) in [7, 11) is 1.59. The van der Waals surface area contributed by atoms with Crippen LogP contribution in [0.2, 0.25) is 0 Å². The number of nitrogens with zero attached hydrogens (tertiary/aromatic N) is 2. The molecule has 30 heavy (non-hydrogen) atoms. The van der Waals surface area contributed by atoms with E-state index in [1.54, 1.807) is 37.4 Å². The Morgan fingerprint density at radius 1 is 0.967 bits per heavy atom. The van der Waals surface area contributed by atoms with Crippen LogP contribution in [-0.2, 0) is 6.61 Å². The van der Waals surface area contributed by atoms with E-state index in [2.05, 4.69) is 10.2 Å². The standard InChI is InChI=1S/C24H20N2O4/c1-16-8-13-21(20(14-16)23(27)17-9-11-19(28-2)12-10-17)29-15-22-25-26-24(30-22)18-6-4-3-5-7-18/h3-14H,15H2,1-2H3. The lowest BCUT2D eigenvalue weighted by atomic mass is 10.0. The Morgan fingerprint density at radius 2 is 1.73 bits per heavy atom. The van der Waals surface area contributed by atoms with Crippen molar-refractivity contribution in [3.8, 4) is 23.0 Å². The third-order valence-corrected chi connectivity index (χ3v) is 4.57. The first-order chi connectivity index (χ1) is 14.6. The van der Waals surface area contributed by atoms with E-state index in [0.717, 1.165) is 11.1 Å². The molecule has 0 bridgehead atoms.